The zero-order valence-electron chi connectivity index (χ0n) is 17.4. The molecule has 160 valence electrons. The van der Waals surface area contributed by atoms with Gasteiger partial charge in [0.05, 0.1) is 12.0 Å². The van der Waals surface area contributed by atoms with Gasteiger partial charge in [-0.05, 0) is 42.9 Å². The highest BCUT2D eigenvalue weighted by Crippen LogP contribution is 2.75. The lowest BCUT2D eigenvalue weighted by molar-refractivity contribution is -0.287. The quantitative estimate of drug-likeness (QED) is 0.769. The summed E-state index contributed by atoms with van der Waals surface area (Å²) in [6.45, 7) is 4.52. The van der Waals surface area contributed by atoms with Crippen LogP contribution in [0.1, 0.15) is 38.2 Å². The van der Waals surface area contributed by atoms with Gasteiger partial charge in [0.2, 0.25) is 0 Å². The van der Waals surface area contributed by atoms with E-state index in [1.165, 1.54) is 30.6 Å². The van der Waals surface area contributed by atoms with E-state index in [1.807, 2.05) is 0 Å². The number of para-hydroxylation sites is 1. The first kappa shape index (κ1) is 17.4. The topological polar surface area (TPSA) is 65.4 Å². The van der Waals surface area contributed by atoms with Crippen LogP contribution >= 0.6 is 0 Å². The van der Waals surface area contributed by atoms with Crippen molar-refractivity contribution in [1.29, 1.82) is 0 Å². The van der Waals surface area contributed by atoms with E-state index in [2.05, 4.69) is 41.0 Å². The summed E-state index contributed by atoms with van der Waals surface area (Å²) < 4.78 is 13.4. The zero-order valence-corrected chi connectivity index (χ0v) is 17.4. The molecule has 6 fully saturated rings. The molecule has 0 aromatic heterocycles. The maximum Gasteiger partial charge on any atom is 0.189 e. The van der Waals surface area contributed by atoms with Crippen molar-refractivity contribution in [2.75, 3.05) is 24.6 Å². The number of benzene rings is 1. The van der Waals surface area contributed by atoms with Gasteiger partial charge < -0.3 is 24.6 Å². The third-order valence-corrected chi connectivity index (χ3v) is 10.3. The summed E-state index contributed by atoms with van der Waals surface area (Å²) >= 11 is 0. The van der Waals surface area contributed by atoms with Crippen LogP contribution in [0.15, 0.2) is 24.3 Å². The van der Waals surface area contributed by atoms with Crippen molar-refractivity contribution in [2.24, 2.45) is 17.8 Å². The predicted octanol–water partition coefficient (Wildman–Crippen LogP) is 1.44. The minimum absolute atomic E-state index is 0.0465. The molecule has 8 rings (SSSR count). The first-order valence-corrected chi connectivity index (χ1v) is 11.9. The fourth-order valence-electron chi connectivity index (χ4n) is 9.59. The van der Waals surface area contributed by atoms with Gasteiger partial charge >= 0.3 is 0 Å². The van der Waals surface area contributed by atoms with Crippen LogP contribution in [0.3, 0.4) is 0 Å². The lowest BCUT2D eigenvalue weighted by Gasteiger charge is -2.65. The van der Waals surface area contributed by atoms with E-state index in [4.69, 9.17) is 9.47 Å². The van der Waals surface area contributed by atoms with Gasteiger partial charge in [-0.25, -0.2) is 0 Å². The number of hydrogen-bond acceptors (Lipinski definition) is 6. The van der Waals surface area contributed by atoms with Gasteiger partial charge in [0.25, 0.3) is 0 Å². The predicted molar refractivity (Wildman–Crippen MR) is 109 cm³/mol. The van der Waals surface area contributed by atoms with Gasteiger partial charge in [0, 0.05) is 30.6 Å². The molecule has 0 unspecified atom stereocenters. The van der Waals surface area contributed by atoms with Crippen molar-refractivity contribution in [3.63, 3.8) is 0 Å². The molecule has 6 heterocycles. The van der Waals surface area contributed by atoms with E-state index < -0.39 is 17.6 Å². The molecular weight excluding hydrogens is 380 g/mol. The average molecular weight is 411 g/mol. The molecule has 6 aliphatic heterocycles. The largest absolute Gasteiger partial charge is 0.394 e. The zero-order chi connectivity index (χ0) is 20.0. The van der Waals surface area contributed by atoms with Crippen LogP contribution in [0.2, 0.25) is 0 Å². The fraction of sp³-hybridized carbons (Fsp3) is 0.750. The number of piperidine rings is 2. The van der Waals surface area contributed by atoms with Crippen LogP contribution in [0.25, 0.3) is 0 Å². The van der Waals surface area contributed by atoms with Gasteiger partial charge in [-0.1, -0.05) is 31.5 Å². The maximum atomic E-state index is 11.8. The van der Waals surface area contributed by atoms with Crippen LogP contribution in [-0.2, 0) is 14.9 Å². The molecule has 6 heteroatoms. The van der Waals surface area contributed by atoms with E-state index in [-0.39, 0.29) is 30.1 Å². The maximum absolute atomic E-state index is 11.8. The summed E-state index contributed by atoms with van der Waals surface area (Å²) in [6.07, 6.45) is 3.39. The lowest BCUT2D eigenvalue weighted by atomic mass is 9.50. The van der Waals surface area contributed by atoms with E-state index in [0.717, 1.165) is 13.0 Å². The number of hydrogen-bond donors (Lipinski definition) is 2. The Morgan fingerprint density at radius 1 is 1.23 bits per heavy atom. The smallest absolute Gasteiger partial charge is 0.189 e. The van der Waals surface area contributed by atoms with Crippen molar-refractivity contribution in [1.82, 2.24) is 4.90 Å². The van der Waals surface area contributed by atoms with Crippen LogP contribution in [0.5, 0.6) is 0 Å². The molecule has 2 N–H and O–H groups in total. The molecular formula is C24H30N2O4. The monoisotopic (exact) mass is 410 g/mol. The molecule has 0 amide bonds. The van der Waals surface area contributed by atoms with Crippen molar-refractivity contribution in [2.45, 2.75) is 73.8 Å². The third kappa shape index (κ3) is 1.48. The third-order valence-electron chi connectivity index (χ3n) is 10.3. The van der Waals surface area contributed by atoms with Crippen molar-refractivity contribution in [3.8, 4) is 0 Å². The Balaban J connectivity index is 1.44. The van der Waals surface area contributed by atoms with Crippen LogP contribution < -0.4 is 4.90 Å². The van der Waals surface area contributed by atoms with Gasteiger partial charge in [-0.15, -0.1) is 0 Å². The number of anilines is 1. The first-order chi connectivity index (χ1) is 14.6. The molecule has 10 atom stereocenters. The molecule has 1 aliphatic carbocycles. The summed E-state index contributed by atoms with van der Waals surface area (Å²) in [5, 5.41) is 21.9. The molecule has 4 bridgehead atoms. The number of rotatable bonds is 2. The highest BCUT2D eigenvalue weighted by molar-refractivity contribution is 5.72. The number of fused-ring (bicyclic) bond motifs is 3. The van der Waals surface area contributed by atoms with Crippen molar-refractivity contribution in [3.05, 3.63) is 29.8 Å². The fourth-order valence-corrected chi connectivity index (χ4v) is 9.59. The second kappa shape index (κ2) is 5.07. The number of nitrogens with zero attached hydrogens (tertiary/aromatic N) is 2. The van der Waals surface area contributed by atoms with Gasteiger partial charge in [-0.3, -0.25) is 4.90 Å². The van der Waals surface area contributed by atoms with Crippen molar-refractivity contribution < 1.29 is 19.7 Å². The summed E-state index contributed by atoms with van der Waals surface area (Å²) in [5.41, 5.74) is 2.20. The number of ether oxygens (including phenoxy) is 2. The molecule has 0 radical (unpaired) electrons. The number of aliphatic hydroxyl groups excluding tert-OH is 1. The second-order valence-corrected chi connectivity index (χ2v) is 10.9. The minimum atomic E-state index is -1.25. The van der Waals surface area contributed by atoms with Crippen LogP contribution in [0, 0.1) is 17.8 Å². The summed E-state index contributed by atoms with van der Waals surface area (Å²) in [6, 6.07) is 9.12. The number of aliphatic hydroxyl groups is 2. The van der Waals surface area contributed by atoms with Gasteiger partial charge in [0.1, 0.15) is 18.2 Å². The Hall–Kier alpha value is -1.18. The van der Waals surface area contributed by atoms with E-state index >= 15 is 0 Å². The Kier molecular flexibility index (Phi) is 2.94. The van der Waals surface area contributed by atoms with Gasteiger partial charge in [0.15, 0.2) is 11.5 Å². The summed E-state index contributed by atoms with van der Waals surface area (Å²) in [5.74, 6) is 0.179. The summed E-state index contributed by atoms with van der Waals surface area (Å²) in [7, 11) is 0. The molecule has 1 saturated carbocycles. The Morgan fingerprint density at radius 2 is 2.10 bits per heavy atom. The van der Waals surface area contributed by atoms with E-state index in [1.54, 1.807) is 0 Å². The molecule has 7 aliphatic rings. The first-order valence-electron chi connectivity index (χ1n) is 11.9. The lowest BCUT2D eigenvalue weighted by Crippen LogP contribution is -2.77. The molecule has 1 aromatic carbocycles. The highest BCUT2D eigenvalue weighted by atomic mass is 16.7. The Bertz CT molecular complexity index is 957. The minimum Gasteiger partial charge on any atom is -0.394 e. The SMILES string of the molecule is CC[C@@H]1CN2CC[C@]34c5ccccc5N5[C@@H]6[C@@H]7O[C@@]53[C@@H](C[C@@]6(O)O[C@@H]7CO)[C@H]1C[C@H]24. The molecule has 1 aromatic rings. The molecule has 30 heavy (non-hydrogen) atoms. The normalized spacial score (nSPS) is 56.4. The Labute approximate surface area is 176 Å². The highest BCUT2D eigenvalue weighted by Gasteiger charge is 2.86. The van der Waals surface area contributed by atoms with Gasteiger partial charge in [-0.2, -0.15) is 0 Å². The molecule has 5 saturated heterocycles. The second-order valence-electron chi connectivity index (χ2n) is 10.9. The van der Waals surface area contributed by atoms with Crippen molar-refractivity contribution >= 4 is 5.69 Å². The van der Waals surface area contributed by atoms with E-state index in [0.29, 0.717) is 24.3 Å². The van der Waals surface area contributed by atoms with Crippen LogP contribution in [0.4, 0.5) is 5.69 Å². The summed E-state index contributed by atoms with van der Waals surface area (Å²) in [4.78, 5) is 5.23. The average Bonchev–Trinajstić information content (AvgIpc) is 3.43. The standard InChI is InChI=1S/C24H30N2O4/c1-2-13-11-25-8-7-22-15-5-3-4-6-17(15)26-21-20-18(12-27)29-23(21,28)10-16(24(22,26)30-20)14(13)9-19(22)25/h3-6,13-14,16,18-21,27-28H,2,7-12H2,1H3/t13-,14+,16+,18-,19+,20-,21-,22-,23-,24-/m1/s1. The van der Waals surface area contributed by atoms with E-state index in [9.17, 15) is 10.2 Å². The Morgan fingerprint density at radius 3 is 2.93 bits per heavy atom. The molecule has 6 nitrogen and oxygen atoms in total. The van der Waals surface area contributed by atoms with Crippen LogP contribution in [-0.4, -0.2) is 70.6 Å². The molecule has 2 spiro atoms.